The summed E-state index contributed by atoms with van der Waals surface area (Å²) in [5.41, 5.74) is 11.3. The van der Waals surface area contributed by atoms with Crippen LogP contribution in [0.5, 0.6) is 0 Å². The minimum Gasteiger partial charge on any atom is -0.458 e. The Morgan fingerprint density at radius 1 is 1.13 bits per heavy atom. The van der Waals surface area contributed by atoms with Gasteiger partial charge in [-0.05, 0) is 98.5 Å². The lowest BCUT2D eigenvalue weighted by Crippen LogP contribution is -2.61. The van der Waals surface area contributed by atoms with E-state index in [1.165, 1.54) is 13.3 Å². The molecule has 2 aliphatic rings. The number of aliphatic imine (C=N–C) groups is 1. The van der Waals surface area contributed by atoms with E-state index in [0.29, 0.717) is 57.4 Å². The summed E-state index contributed by atoms with van der Waals surface area (Å²) in [5, 5.41) is 24.0. The number of aliphatic hydroxyl groups excluding tert-OH is 1. The van der Waals surface area contributed by atoms with Gasteiger partial charge < -0.3 is 50.5 Å². The fourth-order valence-corrected chi connectivity index (χ4v) is 9.41. The molecule has 18 nitrogen and oxygen atoms in total. The number of aromatic nitrogens is 3. The van der Waals surface area contributed by atoms with Crippen LogP contribution in [0, 0.1) is 17.8 Å². The number of anilines is 1. The molecule has 1 aromatic carbocycles. The van der Waals surface area contributed by atoms with E-state index >= 15 is 0 Å². The number of cyclic esters (lactones) is 1. The summed E-state index contributed by atoms with van der Waals surface area (Å²) >= 11 is 0. The molecule has 2 fully saturated rings. The molecule has 6 N–H and O–H groups in total. The molecule has 0 spiro atoms. The predicted octanol–water partition coefficient (Wildman–Crippen LogP) is 3.89. The number of nitrogens with zero attached hydrogens (tertiary/aromatic N) is 6. The van der Waals surface area contributed by atoms with E-state index in [4.69, 9.17) is 35.2 Å². The highest BCUT2D eigenvalue weighted by Crippen LogP contribution is 2.40. The van der Waals surface area contributed by atoms with E-state index in [0.717, 1.165) is 11.3 Å². The van der Waals surface area contributed by atoms with Crippen molar-refractivity contribution in [3.63, 3.8) is 0 Å². The molecule has 0 aliphatic carbocycles. The van der Waals surface area contributed by atoms with Gasteiger partial charge in [-0.3, -0.25) is 24.2 Å². The molecule has 2 aromatic rings. The van der Waals surface area contributed by atoms with Crippen molar-refractivity contribution < 1.29 is 43.2 Å². The maximum atomic E-state index is 14.5. The first kappa shape index (κ1) is 51.4. The molecule has 3 heterocycles. The van der Waals surface area contributed by atoms with Gasteiger partial charge in [-0.25, -0.2) is 4.79 Å². The number of nitrogen functional groups attached to an aromatic ring is 1. The summed E-state index contributed by atoms with van der Waals surface area (Å²) in [7, 11) is 5.30. The van der Waals surface area contributed by atoms with Crippen LogP contribution in [0.15, 0.2) is 35.5 Å². The van der Waals surface area contributed by atoms with Gasteiger partial charge in [0.15, 0.2) is 17.7 Å². The third-order valence-corrected chi connectivity index (χ3v) is 12.9. The SMILES string of the molecule is CCC(C(O)[C@@H](OCCN=CN)O[C@@H]1[C@@H](C)C(=O)[C@@H](C)C(=O)O[C@H](CC)[C@@]2(C)OC(=O)N(CCCCn3cc(-c4cccc(N)c4)nn3)[C@@H]2[C@@H](C)NC[C@H](C)C[C@@]1(C)OC)N(C)C. The van der Waals surface area contributed by atoms with Crippen molar-refractivity contribution in [2.45, 2.75) is 148 Å². The maximum Gasteiger partial charge on any atom is 0.410 e. The quantitative estimate of drug-likeness (QED) is 0.0317. The third-order valence-electron chi connectivity index (χ3n) is 12.9. The number of methoxy groups -OCH3 is 1. The van der Waals surface area contributed by atoms with Gasteiger partial charge in [0.25, 0.3) is 0 Å². The first-order chi connectivity index (χ1) is 29.8. The molecule has 354 valence electrons. The number of nitrogens with two attached hydrogens (primary N) is 2. The number of esters is 1. The molecule has 0 saturated carbocycles. The molecular formula is C45H75N9O9. The highest BCUT2D eigenvalue weighted by molar-refractivity contribution is 6.00. The van der Waals surface area contributed by atoms with E-state index in [1.54, 1.807) is 23.6 Å². The fourth-order valence-electron chi connectivity index (χ4n) is 9.41. The lowest BCUT2D eigenvalue weighted by Gasteiger charge is -2.44. The zero-order valence-electron chi connectivity index (χ0n) is 39.4. The molecule has 0 radical (unpaired) electrons. The number of unbranched alkanes of at least 4 members (excludes halogenated alkanes) is 1. The zero-order valence-corrected chi connectivity index (χ0v) is 39.4. The summed E-state index contributed by atoms with van der Waals surface area (Å²) < 4.78 is 33.4. The number of rotatable bonds is 18. The van der Waals surface area contributed by atoms with Crippen LogP contribution in [0.4, 0.5) is 10.5 Å². The maximum absolute atomic E-state index is 14.5. The Morgan fingerprint density at radius 2 is 1.84 bits per heavy atom. The van der Waals surface area contributed by atoms with Gasteiger partial charge in [-0.1, -0.05) is 45.0 Å². The van der Waals surface area contributed by atoms with Crippen LogP contribution in [0.25, 0.3) is 11.3 Å². The minimum atomic E-state index is -1.26. The summed E-state index contributed by atoms with van der Waals surface area (Å²) in [4.78, 5) is 50.2. The fraction of sp³-hybridized carbons (Fsp3) is 0.733. The largest absolute Gasteiger partial charge is 0.458 e. The van der Waals surface area contributed by atoms with Crippen LogP contribution in [0.1, 0.15) is 87.5 Å². The first-order valence-electron chi connectivity index (χ1n) is 22.4. The Kier molecular flexibility index (Phi) is 18.9. The number of carbonyl (C=O) groups excluding carboxylic acids is 3. The Hall–Kier alpha value is -4.20. The topological polar surface area (TPSA) is 231 Å². The zero-order chi connectivity index (χ0) is 46.6. The number of ketones is 1. The molecule has 1 amide bonds. The van der Waals surface area contributed by atoms with Gasteiger partial charge in [-0.2, -0.15) is 0 Å². The number of hydrogen-bond acceptors (Lipinski definition) is 15. The number of aryl methyl sites for hydroxylation is 1. The molecule has 18 heteroatoms. The normalized spacial score (nSPS) is 30.4. The monoisotopic (exact) mass is 886 g/mol. The van der Waals surface area contributed by atoms with E-state index in [2.05, 4.69) is 27.5 Å². The minimum absolute atomic E-state index is 0.0563. The van der Waals surface area contributed by atoms with Crippen molar-refractivity contribution >= 4 is 29.9 Å². The van der Waals surface area contributed by atoms with Crippen LogP contribution >= 0.6 is 0 Å². The molecule has 1 aromatic heterocycles. The van der Waals surface area contributed by atoms with Crippen LogP contribution in [0.2, 0.25) is 0 Å². The smallest absolute Gasteiger partial charge is 0.410 e. The van der Waals surface area contributed by atoms with Crippen LogP contribution in [-0.2, 0) is 39.8 Å². The molecular weight excluding hydrogens is 811 g/mol. The first-order valence-corrected chi connectivity index (χ1v) is 22.4. The second-order valence-corrected chi connectivity index (χ2v) is 17.9. The lowest BCUT2D eigenvalue weighted by atomic mass is 9.78. The van der Waals surface area contributed by atoms with Crippen molar-refractivity contribution in [2.24, 2.45) is 28.5 Å². The average molecular weight is 886 g/mol. The van der Waals surface area contributed by atoms with E-state index in [1.807, 2.05) is 84.1 Å². The summed E-state index contributed by atoms with van der Waals surface area (Å²) in [6.07, 6.45) is 1.05. The molecule has 2 aliphatic heterocycles. The van der Waals surface area contributed by atoms with Gasteiger partial charge in [0, 0.05) is 49.5 Å². The highest BCUT2D eigenvalue weighted by atomic mass is 16.7. The molecule has 63 heavy (non-hydrogen) atoms. The molecule has 2 unspecified atom stereocenters. The molecule has 2 saturated heterocycles. The number of ether oxygens (including phenoxy) is 5. The van der Waals surface area contributed by atoms with Crippen molar-refractivity contribution in [1.29, 1.82) is 0 Å². The second-order valence-electron chi connectivity index (χ2n) is 17.9. The molecule has 4 rings (SSSR count). The van der Waals surface area contributed by atoms with Gasteiger partial charge in [0.2, 0.25) is 0 Å². The standard InChI is InChI=1S/C45H75N9O9/c1-12-35(52(9)10)38(56)42(60-22-19-48-27-46)62-40-29(4)37(55)30(5)41(57)61-36(13-2)45(8)39(31(6)49-25-28(3)24-44(40,7)59-11)54(43(58)63-45)21-15-14-20-53-26-34(50-51-53)32-17-16-18-33(47)23-32/h16-18,23,26-31,35-36,38-40,42,49,56H,12-15,19-22,24-25,47H2,1-11H3,(H2,46,48)/t28-,29+,30-,31-,35?,36-,38?,39-,40-,42+,44-,45-/m1/s1. The van der Waals surface area contributed by atoms with Crippen LogP contribution in [-0.4, -0.2) is 155 Å². The number of carbonyl (C=O) groups is 3. The highest BCUT2D eigenvalue weighted by Gasteiger charge is 2.58. The van der Waals surface area contributed by atoms with Gasteiger partial charge in [-0.15, -0.1) is 5.10 Å². The number of benzene rings is 1. The average Bonchev–Trinajstić information content (AvgIpc) is 3.83. The van der Waals surface area contributed by atoms with E-state index in [-0.39, 0.29) is 31.2 Å². The molecule has 0 bridgehead atoms. The van der Waals surface area contributed by atoms with Gasteiger partial charge in [0.1, 0.15) is 23.8 Å². The Morgan fingerprint density at radius 3 is 2.48 bits per heavy atom. The van der Waals surface area contributed by atoms with Crippen molar-refractivity contribution in [1.82, 2.24) is 30.1 Å². The Bertz CT molecular complexity index is 1810. The number of nitrogens with one attached hydrogen (secondary N) is 1. The Labute approximate surface area is 373 Å². The summed E-state index contributed by atoms with van der Waals surface area (Å²) in [6, 6.07) is 6.27. The molecule has 12 atom stereocenters. The number of hydrogen-bond donors (Lipinski definition) is 4. The second kappa shape index (κ2) is 23.1. The third kappa shape index (κ3) is 12.5. The number of Topliss-reactive ketones (excluding diaryl/α,β-unsaturated/α-hetero) is 1. The Balaban J connectivity index is 1.62. The van der Waals surface area contributed by atoms with Gasteiger partial charge >= 0.3 is 12.1 Å². The number of aliphatic hydroxyl groups is 1. The van der Waals surface area contributed by atoms with Crippen LogP contribution in [0.3, 0.4) is 0 Å². The summed E-state index contributed by atoms with van der Waals surface area (Å²) in [5.74, 6) is -3.38. The van der Waals surface area contributed by atoms with E-state index < -0.39 is 71.5 Å². The van der Waals surface area contributed by atoms with Gasteiger partial charge in [0.05, 0.1) is 43.4 Å². The van der Waals surface area contributed by atoms with Crippen molar-refractivity contribution in [3.05, 3.63) is 30.5 Å². The number of fused-ring (bicyclic) bond motifs is 1. The predicted molar refractivity (Wildman–Crippen MR) is 241 cm³/mol. The number of likely N-dealkylation sites (N-methyl/N-ethyl adjacent to an activating group) is 1. The van der Waals surface area contributed by atoms with Crippen molar-refractivity contribution in [3.8, 4) is 11.3 Å². The van der Waals surface area contributed by atoms with Crippen molar-refractivity contribution in [2.75, 3.05) is 53.2 Å². The van der Waals surface area contributed by atoms with Crippen LogP contribution < -0.4 is 16.8 Å². The summed E-state index contributed by atoms with van der Waals surface area (Å²) in [6.45, 7) is 16.6. The number of amides is 1. The van der Waals surface area contributed by atoms with E-state index in [9.17, 15) is 19.5 Å². The lowest BCUT2D eigenvalue weighted by molar-refractivity contribution is -0.266.